The average molecular weight is 389 g/mol. The predicted octanol–water partition coefficient (Wildman–Crippen LogP) is 2.42. The van der Waals surface area contributed by atoms with Crippen molar-refractivity contribution in [2.45, 2.75) is 63.8 Å². The minimum absolute atomic E-state index is 0. The highest BCUT2D eigenvalue weighted by molar-refractivity contribution is 7.09. The number of halogens is 1. The lowest BCUT2D eigenvalue weighted by Crippen LogP contribution is -2.59. The first-order chi connectivity index (χ1) is 11.6. The van der Waals surface area contributed by atoms with Gasteiger partial charge < -0.3 is 16.4 Å². The van der Waals surface area contributed by atoms with E-state index in [0.717, 1.165) is 37.1 Å². The van der Waals surface area contributed by atoms with Gasteiger partial charge in [-0.25, -0.2) is 4.98 Å². The second-order valence-corrected chi connectivity index (χ2v) is 7.31. The highest BCUT2D eigenvalue weighted by atomic mass is 35.5. The van der Waals surface area contributed by atoms with Crippen LogP contribution in [-0.4, -0.2) is 35.4 Å². The SMILES string of the molecule is CCCCNC(=O)C1(NC(=O)c2csc(CCN)n2)CCCCC1.Cl. The quantitative estimate of drug-likeness (QED) is 0.595. The van der Waals surface area contributed by atoms with Gasteiger partial charge in [0.1, 0.15) is 11.2 Å². The molecule has 8 heteroatoms. The van der Waals surface area contributed by atoms with E-state index in [1.807, 2.05) is 0 Å². The molecule has 0 aromatic carbocycles. The molecule has 2 rings (SSSR count). The van der Waals surface area contributed by atoms with E-state index in [1.165, 1.54) is 11.3 Å². The number of thiazole rings is 1. The summed E-state index contributed by atoms with van der Waals surface area (Å²) in [5.41, 5.74) is 5.12. The summed E-state index contributed by atoms with van der Waals surface area (Å²) >= 11 is 1.44. The van der Waals surface area contributed by atoms with Crippen LogP contribution >= 0.6 is 23.7 Å². The maximum atomic E-state index is 12.7. The Hall–Kier alpha value is -1.18. The van der Waals surface area contributed by atoms with Gasteiger partial charge in [-0.2, -0.15) is 0 Å². The smallest absolute Gasteiger partial charge is 0.271 e. The number of carbonyl (C=O) groups is 2. The van der Waals surface area contributed by atoms with E-state index >= 15 is 0 Å². The summed E-state index contributed by atoms with van der Waals surface area (Å²) in [5, 5.41) is 8.58. The van der Waals surface area contributed by atoms with Gasteiger partial charge in [0.25, 0.3) is 5.91 Å². The van der Waals surface area contributed by atoms with E-state index in [4.69, 9.17) is 5.73 Å². The highest BCUT2D eigenvalue weighted by Gasteiger charge is 2.41. The first-order valence-electron chi connectivity index (χ1n) is 8.86. The number of amides is 2. The van der Waals surface area contributed by atoms with Crippen LogP contribution in [0.5, 0.6) is 0 Å². The van der Waals surface area contributed by atoms with Gasteiger partial charge in [-0.05, 0) is 25.8 Å². The number of hydrogen-bond acceptors (Lipinski definition) is 5. The van der Waals surface area contributed by atoms with E-state index in [2.05, 4.69) is 22.5 Å². The van der Waals surface area contributed by atoms with Crippen molar-refractivity contribution in [2.75, 3.05) is 13.1 Å². The lowest BCUT2D eigenvalue weighted by molar-refractivity contribution is -0.128. The molecule has 0 radical (unpaired) electrons. The molecule has 0 bridgehead atoms. The third-order valence-electron chi connectivity index (χ3n) is 4.45. The van der Waals surface area contributed by atoms with Crippen LogP contribution in [0.4, 0.5) is 0 Å². The largest absolute Gasteiger partial charge is 0.354 e. The highest BCUT2D eigenvalue weighted by Crippen LogP contribution is 2.29. The molecule has 1 aliphatic carbocycles. The van der Waals surface area contributed by atoms with Gasteiger partial charge in [0, 0.05) is 18.3 Å². The average Bonchev–Trinajstić information content (AvgIpc) is 3.05. The molecule has 1 aromatic heterocycles. The van der Waals surface area contributed by atoms with Crippen molar-refractivity contribution in [1.29, 1.82) is 0 Å². The molecular formula is C17H29ClN4O2S. The summed E-state index contributed by atoms with van der Waals surface area (Å²) in [6.45, 7) is 3.26. The normalized spacial score (nSPS) is 15.9. The van der Waals surface area contributed by atoms with Crippen LogP contribution in [0.3, 0.4) is 0 Å². The molecule has 1 aromatic rings. The summed E-state index contributed by atoms with van der Waals surface area (Å²) in [6.07, 6.45) is 7.05. The molecule has 2 amide bonds. The molecular weight excluding hydrogens is 360 g/mol. The Morgan fingerprint density at radius 2 is 2.04 bits per heavy atom. The number of nitrogens with one attached hydrogen (secondary N) is 2. The molecule has 0 saturated heterocycles. The molecule has 0 atom stereocenters. The van der Waals surface area contributed by atoms with Gasteiger partial charge in [0.15, 0.2) is 0 Å². The number of nitrogens with zero attached hydrogens (tertiary/aromatic N) is 1. The summed E-state index contributed by atoms with van der Waals surface area (Å²) in [6, 6.07) is 0. The number of unbranched alkanes of at least 4 members (excludes halogenated alkanes) is 1. The Bertz CT molecular complexity index is 559. The zero-order valence-corrected chi connectivity index (χ0v) is 16.4. The fourth-order valence-corrected chi connectivity index (χ4v) is 3.84. The monoisotopic (exact) mass is 388 g/mol. The molecule has 6 nitrogen and oxygen atoms in total. The fraction of sp³-hybridized carbons (Fsp3) is 0.706. The van der Waals surface area contributed by atoms with Crippen molar-refractivity contribution >= 4 is 35.6 Å². The minimum Gasteiger partial charge on any atom is -0.354 e. The molecule has 1 heterocycles. The van der Waals surface area contributed by atoms with Gasteiger partial charge >= 0.3 is 0 Å². The van der Waals surface area contributed by atoms with Crippen molar-refractivity contribution in [1.82, 2.24) is 15.6 Å². The maximum absolute atomic E-state index is 12.7. The lowest BCUT2D eigenvalue weighted by atomic mass is 9.80. The Labute approximate surface area is 159 Å². The number of hydrogen-bond donors (Lipinski definition) is 3. The number of aromatic nitrogens is 1. The molecule has 1 saturated carbocycles. The molecule has 0 spiro atoms. The topological polar surface area (TPSA) is 97.1 Å². The predicted molar refractivity (Wildman–Crippen MR) is 103 cm³/mol. The Balaban J connectivity index is 0.00000312. The van der Waals surface area contributed by atoms with Crippen LogP contribution < -0.4 is 16.4 Å². The molecule has 1 fully saturated rings. The van der Waals surface area contributed by atoms with Crippen LogP contribution in [0.15, 0.2) is 5.38 Å². The molecule has 1 aliphatic rings. The van der Waals surface area contributed by atoms with Gasteiger partial charge in [-0.15, -0.1) is 23.7 Å². The molecule has 0 unspecified atom stereocenters. The standard InChI is InChI=1S/C17H28N4O2S.ClH/c1-2-3-11-19-16(23)17(8-5-4-6-9-17)21-15(22)13-12-24-14(20-13)7-10-18;/h12H,2-11,18H2,1H3,(H,19,23)(H,21,22);1H. The van der Waals surface area contributed by atoms with Crippen molar-refractivity contribution in [3.63, 3.8) is 0 Å². The van der Waals surface area contributed by atoms with Crippen molar-refractivity contribution < 1.29 is 9.59 Å². The van der Waals surface area contributed by atoms with Crippen LogP contribution in [0.1, 0.15) is 67.4 Å². The Kier molecular flexibility index (Phi) is 9.38. The van der Waals surface area contributed by atoms with Crippen molar-refractivity contribution in [3.05, 3.63) is 16.1 Å². The van der Waals surface area contributed by atoms with E-state index in [9.17, 15) is 9.59 Å². The summed E-state index contributed by atoms with van der Waals surface area (Å²) in [4.78, 5) is 29.6. The van der Waals surface area contributed by atoms with Gasteiger partial charge in [-0.1, -0.05) is 32.6 Å². The maximum Gasteiger partial charge on any atom is 0.271 e. The third kappa shape index (κ3) is 5.94. The van der Waals surface area contributed by atoms with E-state index in [0.29, 0.717) is 38.0 Å². The Morgan fingerprint density at radius 1 is 1.32 bits per heavy atom. The first kappa shape index (κ1) is 21.9. The van der Waals surface area contributed by atoms with Crippen LogP contribution in [0.2, 0.25) is 0 Å². The third-order valence-corrected chi connectivity index (χ3v) is 5.36. The first-order valence-corrected chi connectivity index (χ1v) is 9.74. The van der Waals surface area contributed by atoms with Crippen molar-refractivity contribution in [2.24, 2.45) is 5.73 Å². The van der Waals surface area contributed by atoms with Gasteiger partial charge in [0.2, 0.25) is 5.91 Å². The second kappa shape index (κ2) is 10.7. The molecule has 4 N–H and O–H groups in total. The van der Waals surface area contributed by atoms with E-state index in [1.54, 1.807) is 5.38 Å². The lowest BCUT2D eigenvalue weighted by Gasteiger charge is -2.36. The van der Waals surface area contributed by atoms with Gasteiger partial charge in [-0.3, -0.25) is 9.59 Å². The Morgan fingerprint density at radius 3 is 2.68 bits per heavy atom. The minimum atomic E-state index is -0.791. The number of carbonyl (C=O) groups excluding carboxylic acids is 2. The summed E-state index contributed by atoms with van der Waals surface area (Å²) in [7, 11) is 0. The van der Waals surface area contributed by atoms with Crippen LogP contribution in [0, 0.1) is 0 Å². The molecule has 142 valence electrons. The van der Waals surface area contributed by atoms with Crippen LogP contribution in [0.25, 0.3) is 0 Å². The zero-order valence-electron chi connectivity index (χ0n) is 14.8. The number of rotatable bonds is 8. The van der Waals surface area contributed by atoms with Gasteiger partial charge in [0.05, 0.1) is 5.01 Å². The summed E-state index contributed by atoms with van der Waals surface area (Å²) in [5.74, 6) is -0.316. The summed E-state index contributed by atoms with van der Waals surface area (Å²) < 4.78 is 0. The van der Waals surface area contributed by atoms with Crippen LogP contribution in [-0.2, 0) is 11.2 Å². The second-order valence-electron chi connectivity index (χ2n) is 6.37. The number of nitrogens with two attached hydrogens (primary N) is 1. The molecule has 0 aliphatic heterocycles. The fourth-order valence-electron chi connectivity index (χ4n) is 3.05. The van der Waals surface area contributed by atoms with Crippen molar-refractivity contribution in [3.8, 4) is 0 Å². The van der Waals surface area contributed by atoms with E-state index < -0.39 is 5.54 Å². The van der Waals surface area contributed by atoms with E-state index in [-0.39, 0.29) is 24.2 Å². The molecule has 25 heavy (non-hydrogen) atoms. The zero-order chi connectivity index (χ0) is 17.4.